The Morgan fingerprint density at radius 2 is 2.16 bits per heavy atom. The number of nitrogens with zero attached hydrogens (tertiary/aromatic N) is 1. The molecule has 0 aliphatic carbocycles. The van der Waals surface area contributed by atoms with Crippen LogP contribution in [0.4, 0.5) is 11.4 Å². The molecule has 1 aromatic rings. The van der Waals surface area contributed by atoms with Crippen LogP contribution >= 0.6 is 0 Å². The van der Waals surface area contributed by atoms with E-state index in [-0.39, 0.29) is 17.5 Å². The number of anilines is 1. The number of ether oxygens (including phenoxy) is 2. The second-order valence-electron chi connectivity index (χ2n) is 4.08. The molecule has 1 N–H and O–H groups in total. The predicted molar refractivity (Wildman–Crippen MR) is 73.8 cm³/mol. The lowest BCUT2D eigenvalue weighted by atomic mass is 10.2. The Balaban J connectivity index is 2.91. The van der Waals surface area contributed by atoms with Gasteiger partial charge in [0.15, 0.2) is 5.75 Å². The minimum absolute atomic E-state index is 0.0211. The average Bonchev–Trinajstić information content (AvgIpc) is 2.38. The summed E-state index contributed by atoms with van der Waals surface area (Å²) in [5.74, 6) is 0.282. The van der Waals surface area contributed by atoms with Crippen LogP contribution < -0.4 is 10.1 Å². The van der Waals surface area contributed by atoms with Crippen LogP contribution in [-0.4, -0.2) is 31.3 Å². The number of nitrogens with one attached hydrogen (secondary N) is 1. The highest BCUT2D eigenvalue weighted by Crippen LogP contribution is 2.30. The first-order valence-electron chi connectivity index (χ1n) is 6.29. The molecule has 0 fully saturated rings. The van der Waals surface area contributed by atoms with Crippen LogP contribution in [0, 0.1) is 10.1 Å². The summed E-state index contributed by atoms with van der Waals surface area (Å²) in [7, 11) is 1.64. The molecule has 1 unspecified atom stereocenters. The lowest BCUT2D eigenvalue weighted by Crippen LogP contribution is -2.23. The zero-order valence-electron chi connectivity index (χ0n) is 11.5. The fourth-order valence-corrected chi connectivity index (χ4v) is 1.72. The van der Waals surface area contributed by atoms with E-state index in [1.165, 1.54) is 6.07 Å². The summed E-state index contributed by atoms with van der Waals surface area (Å²) in [5, 5.41) is 14.1. The van der Waals surface area contributed by atoms with Crippen LogP contribution in [0.15, 0.2) is 18.2 Å². The van der Waals surface area contributed by atoms with Crippen LogP contribution in [0.5, 0.6) is 5.75 Å². The third-order valence-electron chi connectivity index (χ3n) is 2.69. The summed E-state index contributed by atoms with van der Waals surface area (Å²) in [4.78, 5) is 10.4. The third-order valence-corrected chi connectivity index (χ3v) is 2.69. The van der Waals surface area contributed by atoms with Gasteiger partial charge in [0.25, 0.3) is 0 Å². The van der Waals surface area contributed by atoms with Crippen molar-refractivity contribution in [1.82, 2.24) is 0 Å². The highest BCUT2D eigenvalue weighted by molar-refractivity contribution is 5.58. The van der Waals surface area contributed by atoms with Crippen LogP contribution in [0.1, 0.15) is 20.3 Å². The van der Waals surface area contributed by atoms with E-state index in [4.69, 9.17) is 9.47 Å². The van der Waals surface area contributed by atoms with Crippen molar-refractivity contribution in [2.45, 2.75) is 26.3 Å². The summed E-state index contributed by atoms with van der Waals surface area (Å²) in [6, 6.07) is 4.95. The lowest BCUT2D eigenvalue weighted by Gasteiger charge is -2.17. The maximum atomic E-state index is 10.9. The number of nitro groups is 1. The molecule has 6 heteroatoms. The number of nitro benzene ring substituents is 1. The van der Waals surface area contributed by atoms with E-state index in [9.17, 15) is 10.1 Å². The highest BCUT2D eigenvalue weighted by atomic mass is 16.6. The van der Waals surface area contributed by atoms with Crippen molar-refractivity contribution < 1.29 is 14.4 Å². The summed E-state index contributed by atoms with van der Waals surface area (Å²) in [6.45, 7) is 4.81. The standard InChI is InChI=1S/C13H20N2O4/c1-4-10(9-18-3)14-11-6-7-12(15(16)17)13(8-11)19-5-2/h6-8,10,14H,4-5,9H2,1-3H3. The van der Waals surface area contributed by atoms with Crippen LogP contribution in [0.3, 0.4) is 0 Å². The Morgan fingerprint density at radius 1 is 1.42 bits per heavy atom. The van der Waals surface area contributed by atoms with Crippen molar-refractivity contribution in [3.8, 4) is 5.75 Å². The van der Waals surface area contributed by atoms with Crippen molar-refractivity contribution in [2.75, 3.05) is 25.6 Å². The molecule has 0 radical (unpaired) electrons. The Kier molecular flexibility index (Phi) is 6.08. The SMILES string of the molecule is CCOc1cc(NC(CC)COC)ccc1[N+](=O)[O-]. The van der Waals surface area contributed by atoms with Crippen molar-refractivity contribution in [3.05, 3.63) is 28.3 Å². The molecule has 106 valence electrons. The zero-order chi connectivity index (χ0) is 14.3. The zero-order valence-corrected chi connectivity index (χ0v) is 11.5. The highest BCUT2D eigenvalue weighted by Gasteiger charge is 2.16. The van der Waals surface area contributed by atoms with Gasteiger partial charge in [-0.05, 0) is 19.4 Å². The molecule has 0 saturated heterocycles. The van der Waals surface area contributed by atoms with E-state index in [0.717, 1.165) is 12.1 Å². The number of hydrogen-bond acceptors (Lipinski definition) is 5. The molecule has 0 aliphatic rings. The quantitative estimate of drug-likeness (QED) is 0.579. The number of benzene rings is 1. The van der Waals surface area contributed by atoms with Gasteiger partial charge in [0.1, 0.15) is 0 Å². The molecule has 0 aliphatic heterocycles. The maximum absolute atomic E-state index is 10.9. The average molecular weight is 268 g/mol. The van der Waals surface area contributed by atoms with Crippen LogP contribution in [0.2, 0.25) is 0 Å². The Morgan fingerprint density at radius 3 is 2.68 bits per heavy atom. The van der Waals surface area contributed by atoms with Gasteiger partial charge in [0, 0.05) is 31.0 Å². The molecule has 6 nitrogen and oxygen atoms in total. The van der Waals surface area contributed by atoms with Crippen molar-refractivity contribution in [3.63, 3.8) is 0 Å². The second kappa shape index (κ2) is 7.58. The Labute approximate surface area is 112 Å². The molecule has 19 heavy (non-hydrogen) atoms. The fraction of sp³-hybridized carbons (Fsp3) is 0.538. The van der Waals surface area contributed by atoms with Crippen molar-refractivity contribution >= 4 is 11.4 Å². The van der Waals surface area contributed by atoms with E-state index in [1.807, 2.05) is 6.92 Å². The summed E-state index contributed by atoms with van der Waals surface area (Å²) >= 11 is 0. The topological polar surface area (TPSA) is 73.6 Å². The van der Waals surface area contributed by atoms with E-state index in [0.29, 0.717) is 13.2 Å². The van der Waals surface area contributed by atoms with E-state index in [2.05, 4.69) is 5.32 Å². The molecule has 1 atom stereocenters. The third kappa shape index (κ3) is 4.40. The normalized spacial score (nSPS) is 11.9. The molecule has 0 bridgehead atoms. The smallest absolute Gasteiger partial charge is 0.311 e. The van der Waals surface area contributed by atoms with Crippen LogP contribution in [0.25, 0.3) is 0 Å². The first-order valence-corrected chi connectivity index (χ1v) is 6.29. The molecule has 0 amide bonds. The van der Waals surface area contributed by atoms with Crippen LogP contribution in [-0.2, 0) is 4.74 Å². The first-order chi connectivity index (χ1) is 9.12. The molecular weight excluding hydrogens is 248 g/mol. The molecular formula is C13H20N2O4. The van der Waals surface area contributed by atoms with Gasteiger partial charge in [-0.3, -0.25) is 10.1 Å². The van der Waals surface area contributed by atoms with Gasteiger partial charge in [-0.2, -0.15) is 0 Å². The Bertz CT molecular complexity index is 423. The van der Waals surface area contributed by atoms with Crippen molar-refractivity contribution in [2.24, 2.45) is 0 Å². The van der Waals surface area contributed by atoms with Crippen molar-refractivity contribution in [1.29, 1.82) is 0 Å². The largest absolute Gasteiger partial charge is 0.487 e. The predicted octanol–water partition coefficient (Wildman–Crippen LogP) is 2.83. The molecule has 1 aromatic carbocycles. The molecule has 1 rings (SSSR count). The number of rotatable bonds is 8. The van der Waals surface area contributed by atoms with E-state index >= 15 is 0 Å². The van der Waals surface area contributed by atoms with Gasteiger partial charge >= 0.3 is 5.69 Å². The molecule has 0 heterocycles. The van der Waals surface area contributed by atoms with Gasteiger partial charge in [-0.1, -0.05) is 6.92 Å². The number of methoxy groups -OCH3 is 1. The molecule has 0 aromatic heterocycles. The Hall–Kier alpha value is -1.82. The molecule has 0 saturated carbocycles. The summed E-state index contributed by atoms with van der Waals surface area (Å²) < 4.78 is 10.4. The minimum Gasteiger partial charge on any atom is -0.487 e. The maximum Gasteiger partial charge on any atom is 0.311 e. The molecule has 0 spiro atoms. The lowest BCUT2D eigenvalue weighted by molar-refractivity contribution is -0.385. The van der Waals surface area contributed by atoms with Gasteiger partial charge in [0.05, 0.1) is 18.1 Å². The van der Waals surface area contributed by atoms with Gasteiger partial charge in [0.2, 0.25) is 0 Å². The summed E-state index contributed by atoms with van der Waals surface area (Å²) in [5.41, 5.74) is 0.769. The minimum atomic E-state index is -0.443. The van der Waals surface area contributed by atoms with Gasteiger partial charge in [-0.15, -0.1) is 0 Å². The first kappa shape index (κ1) is 15.2. The fourth-order valence-electron chi connectivity index (χ4n) is 1.72. The number of hydrogen-bond donors (Lipinski definition) is 1. The van der Waals surface area contributed by atoms with E-state index < -0.39 is 4.92 Å². The second-order valence-corrected chi connectivity index (χ2v) is 4.08. The monoisotopic (exact) mass is 268 g/mol. The summed E-state index contributed by atoms with van der Waals surface area (Å²) in [6.07, 6.45) is 0.898. The van der Waals surface area contributed by atoms with Gasteiger partial charge < -0.3 is 14.8 Å². The van der Waals surface area contributed by atoms with Gasteiger partial charge in [-0.25, -0.2) is 0 Å². The van der Waals surface area contributed by atoms with E-state index in [1.54, 1.807) is 26.2 Å².